The van der Waals surface area contributed by atoms with Gasteiger partial charge in [-0.2, -0.15) is 5.26 Å². The van der Waals surface area contributed by atoms with Gasteiger partial charge in [-0.15, -0.1) is 0 Å². The van der Waals surface area contributed by atoms with Crippen LogP contribution < -0.4 is 4.72 Å². The van der Waals surface area contributed by atoms with Gasteiger partial charge in [0.05, 0.1) is 51.8 Å². The van der Waals surface area contributed by atoms with E-state index in [4.69, 9.17) is 9.72 Å². The van der Waals surface area contributed by atoms with Gasteiger partial charge in [0.1, 0.15) is 0 Å². The van der Waals surface area contributed by atoms with Gasteiger partial charge in [0.25, 0.3) is 0 Å². The molecule has 0 saturated carbocycles. The van der Waals surface area contributed by atoms with Crippen molar-refractivity contribution in [2.45, 2.75) is 38.6 Å². The maximum absolute atomic E-state index is 12.3. The Kier molecular flexibility index (Phi) is 7.20. The van der Waals surface area contributed by atoms with Crippen molar-refractivity contribution in [2.24, 2.45) is 0 Å². The van der Waals surface area contributed by atoms with Crippen LogP contribution in [-0.2, 0) is 28.8 Å². The maximum Gasteiger partial charge on any atom is 0.0992 e. The first-order valence-electron chi connectivity index (χ1n) is 11.2. The number of nitriles is 1. The molecule has 0 amide bonds. The number of fused-ring (bicyclic) bond motifs is 1. The molecule has 1 atom stereocenters. The molecule has 1 aromatic heterocycles. The first kappa shape index (κ1) is 23.5. The van der Waals surface area contributed by atoms with Gasteiger partial charge < -0.3 is 4.74 Å². The summed E-state index contributed by atoms with van der Waals surface area (Å²) in [6.45, 7) is 10.6. The van der Waals surface area contributed by atoms with Crippen molar-refractivity contribution in [3.63, 3.8) is 0 Å². The summed E-state index contributed by atoms with van der Waals surface area (Å²) < 4.78 is 20.6. The van der Waals surface area contributed by atoms with Crippen LogP contribution in [0.25, 0.3) is 22.2 Å². The summed E-state index contributed by atoms with van der Waals surface area (Å²) >= 11 is 0. The Morgan fingerprint density at radius 2 is 1.85 bits per heavy atom. The molecule has 0 radical (unpaired) electrons. The van der Waals surface area contributed by atoms with E-state index in [2.05, 4.69) is 33.9 Å². The van der Waals surface area contributed by atoms with Crippen molar-refractivity contribution in [2.75, 3.05) is 26.3 Å². The van der Waals surface area contributed by atoms with Crippen molar-refractivity contribution >= 4 is 21.9 Å². The Labute approximate surface area is 198 Å². The number of pyridine rings is 1. The Morgan fingerprint density at radius 3 is 2.52 bits per heavy atom. The maximum atomic E-state index is 12.3. The molecule has 172 valence electrons. The van der Waals surface area contributed by atoms with Gasteiger partial charge in [-0.05, 0) is 50.1 Å². The third kappa shape index (κ3) is 5.84. The number of morpholine rings is 1. The fourth-order valence-electron chi connectivity index (χ4n) is 3.81. The summed E-state index contributed by atoms with van der Waals surface area (Å²) in [5.74, 6) is 0. The molecule has 1 aliphatic rings. The molecule has 1 aliphatic heterocycles. The average Bonchev–Trinajstić information content (AvgIpc) is 2.82. The van der Waals surface area contributed by atoms with Crippen molar-refractivity contribution in [3.05, 3.63) is 65.2 Å². The minimum Gasteiger partial charge on any atom is -0.379 e. The number of nitrogens with zero attached hydrogens (tertiary/aromatic N) is 3. The summed E-state index contributed by atoms with van der Waals surface area (Å²) in [4.78, 5) is 7.28. The predicted molar refractivity (Wildman–Crippen MR) is 133 cm³/mol. The van der Waals surface area contributed by atoms with Crippen LogP contribution in [0, 0.1) is 11.3 Å². The molecule has 3 aromatic rings. The quantitative estimate of drug-likeness (QED) is 0.595. The monoisotopic (exact) mass is 462 g/mol. The molecular formula is C26H30N4O2S. The van der Waals surface area contributed by atoms with E-state index in [-0.39, 0.29) is 4.75 Å². The van der Waals surface area contributed by atoms with E-state index < -0.39 is 11.0 Å². The smallest absolute Gasteiger partial charge is 0.0992 e. The van der Waals surface area contributed by atoms with Crippen LogP contribution in [0.3, 0.4) is 0 Å². The molecular weight excluding hydrogens is 432 g/mol. The SMILES string of the molecule is CC(C)(C)S(=O)NCc1ccc(-c2cc(CN3CCOCC3)c3ccc(C#N)cc3n2)cc1. The third-order valence-electron chi connectivity index (χ3n) is 5.74. The number of aromatic nitrogens is 1. The Hall–Kier alpha value is -2.63. The van der Waals surface area contributed by atoms with Crippen LogP contribution >= 0.6 is 0 Å². The van der Waals surface area contributed by atoms with Gasteiger partial charge in [-0.3, -0.25) is 4.90 Å². The molecule has 6 nitrogen and oxygen atoms in total. The number of nitrogens with one attached hydrogen (secondary N) is 1. The Bertz CT molecular complexity index is 1190. The zero-order chi connectivity index (χ0) is 23.4. The molecule has 33 heavy (non-hydrogen) atoms. The highest BCUT2D eigenvalue weighted by atomic mass is 32.2. The van der Waals surface area contributed by atoms with E-state index in [9.17, 15) is 9.47 Å². The fraction of sp³-hybridized carbons (Fsp3) is 0.385. The van der Waals surface area contributed by atoms with Crippen molar-refractivity contribution in [1.29, 1.82) is 5.26 Å². The minimum absolute atomic E-state index is 0.298. The molecule has 4 rings (SSSR count). The lowest BCUT2D eigenvalue weighted by Gasteiger charge is -2.27. The molecule has 1 saturated heterocycles. The fourth-order valence-corrected chi connectivity index (χ4v) is 4.54. The van der Waals surface area contributed by atoms with Crippen LogP contribution in [0.1, 0.15) is 37.5 Å². The topological polar surface area (TPSA) is 78.3 Å². The Balaban J connectivity index is 1.62. The van der Waals surface area contributed by atoms with Crippen molar-refractivity contribution in [3.8, 4) is 17.3 Å². The molecule has 0 aliphatic carbocycles. The second-order valence-electron chi connectivity index (χ2n) is 9.30. The number of rotatable bonds is 6. The van der Waals surface area contributed by atoms with Crippen LogP contribution in [0.15, 0.2) is 48.5 Å². The molecule has 0 bridgehead atoms. The second-order valence-corrected chi connectivity index (χ2v) is 11.3. The molecule has 1 fully saturated rings. The first-order valence-corrected chi connectivity index (χ1v) is 12.4. The summed E-state index contributed by atoms with van der Waals surface area (Å²) in [5, 5.41) is 10.4. The van der Waals surface area contributed by atoms with E-state index in [1.165, 1.54) is 5.56 Å². The molecule has 1 unspecified atom stereocenters. The third-order valence-corrected chi connectivity index (χ3v) is 7.25. The predicted octanol–water partition coefficient (Wildman–Crippen LogP) is 4.16. The zero-order valence-corrected chi connectivity index (χ0v) is 20.2. The van der Waals surface area contributed by atoms with Crippen LogP contribution in [0.2, 0.25) is 0 Å². The number of hydrogen-bond acceptors (Lipinski definition) is 5. The second kappa shape index (κ2) is 10.1. The highest BCUT2D eigenvalue weighted by Gasteiger charge is 2.19. The van der Waals surface area contributed by atoms with Crippen molar-refractivity contribution < 1.29 is 8.95 Å². The Morgan fingerprint density at radius 1 is 1.12 bits per heavy atom. The van der Waals surface area contributed by atoms with E-state index in [1.807, 2.05) is 51.1 Å². The lowest BCUT2D eigenvalue weighted by molar-refractivity contribution is 0.0344. The molecule has 7 heteroatoms. The standard InChI is InChI=1S/C26H30N4O2S/c1-26(2,3)33(31)28-17-19-4-7-21(8-5-19)24-15-22(18-30-10-12-32-13-11-30)23-9-6-20(16-27)14-25(23)29-24/h4-9,14-15,28H,10-13,17-18H2,1-3H3. The van der Waals surface area contributed by atoms with Crippen LogP contribution in [0.4, 0.5) is 0 Å². The van der Waals surface area contributed by atoms with Gasteiger partial charge in [-0.25, -0.2) is 13.9 Å². The van der Waals surface area contributed by atoms with Gasteiger partial charge in [0.2, 0.25) is 0 Å². The lowest BCUT2D eigenvalue weighted by atomic mass is 10.0. The van der Waals surface area contributed by atoms with E-state index in [0.29, 0.717) is 12.1 Å². The van der Waals surface area contributed by atoms with Gasteiger partial charge >= 0.3 is 0 Å². The van der Waals surface area contributed by atoms with E-state index >= 15 is 0 Å². The first-order chi connectivity index (χ1) is 15.8. The van der Waals surface area contributed by atoms with Crippen LogP contribution in [0.5, 0.6) is 0 Å². The number of ether oxygens (including phenoxy) is 1. The number of benzene rings is 2. The van der Waals surface area contributed by atoms with E-state index in [0.717, 1.165) is 60.6 Å². The minimum atomic E-state index is -1.11. The van der Waals surface area contributed by atoms with Crippen molar-refractivity contribution in [1.82, 2.24) is 14.6 Å². The molecule has 2 aromatic carbocycles. The lowest BCUT2D eigenvalue weighted by Crippen LogP contribution is -2.35. The normalized spacial score (nSPS) is 15.9. The summed E-state index contributed by atoms with van der Waals surface area (Å²) in [6, 6.07) is 18.3. The summed E-state index contributed by atoms with van der Waals surface area (Å²) in [6.07, 6.45) is 0. The molecule has 0 spiro atoms. The highest BCUT2D eigenvalue weighted by Crippen LogP contribution is 2.27. The highest BCUT2D eigenvalue weighted by molar-refractivity contribution is 7.84. The average molecular weight is 463 g/mol. The molecule has 2 heterocycles. The largest absolute Gasteiger partial charge is 0.379 e. The van der Waals surface area contributed by atoms with Gasteiger partial charge in [0, 0.05) is 37.1 Å². The summed E-state index contributed by atoms with van der Waals surface area (Å²) in [5.41, 5.74) is 5.62. The molecule has 1 N–H and O–H groups in total. The van der Waals surface area contributed by atoms with E-state index in [1.54, 1.807) is 0 Å². The van der Waals surface area contributed by atoms with Gasteiger partial charge in [0.15, 0.2) is 0 Å². The summed E-state index contributed by atoms with van der Waals surface area (Å²) in [7, 11) is -1.11. The zero-order valence-electron chi connectivity index (χ0n) is 19.4. The number of hydrogen-bond donors (Lipinski definition) is 1. The van der Waals surface area contributed by atoms with Gasteiger partial charge in [-0.1, -0.05) is 30.3 Å². The van der Waals surface area contributed by atoms with Crippen LogP contribution in [-0.4, -0.2) is 45.1 Å².